The summed E-state index contributed by atoms with van der Waals surface area (Å²) in [5, 5.41) is 3.44. The monoisotopic (exact) mass is 283 g/mol. The van der Waals surface area contributed by atoms with E-state index < -0.39 is 0 Å². The molecule has 1 aromatic heterocycles. The van der Waals surface area contributed by atoms with Crippen LogP contribution in [0.4, 0.5) is 5.82 Å². The highest BCUT2D eigenvalue weighted by Crippen LogP contribution is 2.45. The maximum absolute atomic E-state index is 5.90. The van der Waals surface area contributed by atoms with Crippen LogP contribution in [0.15, 0.2) is 36.5 Å². The minimum absolute atomic E-state index is 0.244. The van der Waals surface area contributed by atoms with Crippen LogP contribution in [-0.2, 0) is 0 Å². The number of aryl methyl sites for hydroxylation is 2. The molecule has 1 heterocycles. The van der Waals surface area contributed by atoms with Crippen molar-refractivity contribution in [3.63, 3.8) is 0 Å². The number of rotatable bonds is 6. The summed E-state index contributed by atoms with van der Waals surface area (Å²) >= 11 is 0. The second-order valence-corrected chi connectivity index (χ2v) is 5.90. The average Bonchev–Trinajstić information content (AvgIpc) is 3.28. The van der Waals surface area contributed by atoms with Gasteiger partial charge in [0.1, 0.15) is 11.6 Å². The molecule has 1 N–H and O–H groups in total. The van der Waals surface area contributed by atoms with Gasteiger partial charge in [-0.05, 0) is 38.8 Å². The first-order valence-electron chi connectivity index (χ1n) is 7.39. The average molecular weight is 283 g/mol. The summed E-state index contributed by atoms with van der Waals surface area (Å²) in [6, 6.07) is 10.00. The van der Waals surface area contributed by atoms with Crippen molar-refractivity contribution in [3.8, 4) is 5.75 Å². The van der Waals surface area contributed by atoms with E-state index >= 15 is 0 Å². The topological polar surface area (TPSA) is 47.0 Å². The quantitative estimate of drug-likeness (QED) is 0.883. The van der Waals surface area contributed by atoms with Crippen LogP contribution in [0.25, 0.3) is 0 Å². The second kappa shape index (κ2) is 5.72. The molecule has 3 rings (SSSR count). The van der Waals surface area contributed by atoms with Crippen LogP contribution in [0.5, 0.6) is 5.75 Å². The van der Waals surface area contributed by atoms with Crippen LogP contribution in [0, 0.1) is 19.3 Å². The lowest BCUT2D eigenvalue weighted by molar-refractivity contribution is 0.242. The molecule has 0 saturated heterocycles. The first-order valence-corrected chi connectivity index (χ1v) is 7.39. The van der Waals surface area contributed by atoms with Gasteiger partial charge >= 0.3 is 0 Å². The number of hydrogen-bond donors (Lipinski definition) is 1. The van der Waals surface area contributed by atoms with Gasteiger partial charge in [-0.2, -0.15) is 0 Å². The number of aromatic nitrogens is 2. The third kappa shape index (κ3) is 3.51. The standard InChI is InChI=1S/C17H21N3O/c1-13-10-18-14(2)16(20-13)19-11-17(8-9-17)12-21-15-6-4-3-5-7-15/h3-7,10H,8-9,11-12H2,1-2H3,(H,19,20). The van der Waals surface area contributed by atoms with E-state index in [1.807, 2.05) is 44.2 Å². The minimum Gasteiger partial charge on any atom is -0.493 e. The molecule has 21 heavy (non-hydrogen) atoms. The summed E-state index contributed by atoms with van der Waals surface area (Å²) in [6.45, 7) is 5.58. The second-order valence-electron chi connectivity index (χ2n) is 5.90. The van der Waals surface area contributed by atoms with Crippen molar-refractivity contribution in [2.24, 2.45) is 5.41 Å². The number of para-hydroxylation sites is 1. The van der Waals surface area contributed by atoms with Crippen molar-refractivity contribution in [1.29, 1.82) is 0 Å². The SMILES string of the molecule is Cc1cnc(C)c(NCC2(COc3ccccc3)CC2)n1. The predicted octanol–water partition coefficient (Wildman–Crippen LogP) is 3.36. The van der Waals surface area contributed by atoms with Crippen LogP contribution in [-0.4, -0.2) is 23.1 Å². The first kappa shape index (κ1) is 13.9. The van der Waals surface area contributed by atoms with Gasteiger partial charge in [-0.3, -0.25) is 4.98 Å². The van der Waals surface area contributed by atoms with Gasteiger partial charge in [0.05, 0.1) is 18.0 Å². The zero-order valence-electron chi connectivity index (χ0n) is 12.6. The molecule has 0 atom stereocenters. The van der Waals surface area contributed by atoms with E-state index in [9.17, 15) is 0 Å². The molecule has 1 saturated carbocycles. The number of benzene rings is 1. The van der Waals surface area contributed by atoms with Crippen LogP contribution >= 0.6 is 0 Å². The van der Waals surface area contributed by atoms with Crippen LogP contribution in [0.2, 0.25) is 0 Å². The zero-order valence-corrected chi connectivity index (χ0v) is 12.6. The molecule has 1 fully saturated rings. The van der Waals surface area contributed by atoms with Crippen molar-refractivity contribution in [2.75, 3.05) is 18.5 Å². The van der Waals surface area contributed by atoms with E-state index in [0.717, 1.165) is 36.1 Å². The zero-order chi connectivity index (χ0) is 14.7. The molecule has 2 aromatic rings. The normalized spacial score (nSPS) is 15.5. The summed E-state index contributed by atoms with van der Waals surface area (Å²) < 4.78 is 5.90. The smallest absolute Gasteiger partial charge is 0.147 e. The number of anilines is 1. The molecule has 0 radical (unpaired) electrons. The fourth-order valence-electron chi connectivity index (χ4n) is 2.28. The number of ether oxygens (including phenoxy) is 1. The molecule has 0 unspecified atom stereocenters. The maximum Gasteiger partial charge on any atom is 0.147 e. The van der Waals surface area contributed by atoms with Gasteiger partial charge in [0.15, 0.2) is 0 Å². The Morgan fingerprint density at radius 2 is 1.95 bits per heavy atom. The van der Waals surface area contributed by atoms with Crippen molar-refractivity contribution in [3.05, 3.63) is 47.9 Å². The van der Waals surface area contributed by atoms with E-state index in [1.54, 1.807) is 6.20 Å². The highest BCUT2D eigenvalue weighted by Gasteiger charge is 2.43. The highest BCUT2D eigenvalue weighted by molar-refractivity contribution is 5.40. The lowest BCUT2D eigenvalue weighted by atomic mass is 10.1. The number of hydrogen-bond acceptors (Lipinski definition) is 4. The van der Waals surface area contributed by atoms with Gasteiger partial charge in [0, 0.05) is 18.2 Å². The minimum atomic E-state index is 0.244. The Kier molecular flexibility index (Phi) is 3.78. The Morgan fingerprint density at radius 3 is 2.67 bits per heavy atom. The number of nitrogens with one attached hydrogen (secondary N) is 1. The summed E-state index contributed by atoms with van der Waals surface area (Å²) in [4.78, 5) is 8.84. The molecular weight excluding hydrogens is 262 g/mol. The van der Waals surface area contributed by atoms with Crippen molar-refractivity contribution < 1.29 is 4.74 Å². The van der Waals surface area contributed by atoms with Crippen molar-refractivity contribution >= 4 is 5.82 Å². The van der Waals surface area contributed by atoms with E-state index in [-0.39, 0.29) is 5.41 Å². The highest BCUT2D eigenvalue weighted by atomic mass is 16.5. The van der Waals surface area contributed by atoms with Gasteiger partial charge in [-0.25, -0.2) is 4.98 Å². The molecule has 1 aliphatic carbocycles. The van der Waals surface area contributed by atoms with E-state index in [1.165, 1.54) is 12.8 Å². The Labute approximate surface area is 125 Å². The lowest BCUT2D eigenvalue weighted by Gasteiger charge is -2.18. The molecule has 0 amide bonds. The first-order chi connectivity index (χ1) is 10.2. The predicted molar refractivity (Wildman–Crippen MR) is 83.6 cm³/mol. The largest absolute Gasteiger partial charge is 0.493 e. The molecule has 4 heteroatoms. The Morgan fingerprint density at radius 1 is 1.19 bits per heavy atom. The summed E-state index contributed by atoms with van der Waals surface area (Å²) in [6.07, 6.45) is 4.20. The lowest BCUT2D eigenvalue weighted by Crippen LogP contribution is -2.23. The third-order valence-electron chi connectivity index (χ3n) is 3.95. The molecule has 0 spiro atoms. The van der Waals surface area contributed by atoms with Gasteiger partial charge in [0.2, 0.25) is 0 Å². The molecule has 1 aliphatic rings. The molecule has 110 valence electrons. The summed E-state index contributed by atoms with van der Waals surface area (Å²) in [7, 11) is 0. The molecule has 1 aromatic carbocycles. The molecule has 0 aliphatic heterocycles. The number of nitrogens with zero attached hydrogens (tertiary/aromatic N) is 2. The Hall–Kier alpha value is -2.10. The molecule has 0 bridgehead atoms. The Balaban J connectivity index is 1.56. The van der Waals surface area contributed by atoms with Gasteiger partial charge < -0.3 is 10.1 Å². The fourth-order valence-corrected chi connectivity index (χ4v) is 2.28. The van der Waals surface area contributed by atoms with Crippen LogP contribution < -0.4 is 10.1 Å². The van der Waals surface area contributed by atoms with E-state index in [2.05, 4.69) is 15.3 Å². The van der Waals surface area contributed by atoms with E-state index in [0.29, 0.717) is 0 Å². The van der Waals surface area contributed by atoms with Gasteiger partial charge in [-0.15, -0.1) is 0 Å². The summed E-state index contributed by atoms with van der Waals surface area (Å²) in [5.74, 6) is 1.83. The van der Waals surface area contributed by atoms with Gasteiger partial charge in [0.25, 0.3) is 0 Å². The Bertz CT molecular complexity index is 609. The third-order valence-corrected chi connectivity index (χ3v) is 3.95. The van der Waals surface area contributed by atoms with Gasteiger partial charge in [-0.1, -0.05) is 18.2 Å². The molecular formula is C17H21N3O. The molecule has 4 nitrogen and oxygen atoms in total. The maximum atomic E-state index is 5.90. The fraction of sp³-hybridized carbons (Fsp3) is 0.412. The van der Waals surface area contributed by atoms with Crippen LogP contribution in [0.1, 0.15) is 24.2 Å². The van der Waals surface area contributed by atoms with Crippen molar-refractivity contribution in [1.82, 2.24) is 9.97 Å². The summed E-state index contributed by atoms with van der Waals surface area (Å²) in [5.41, 5.74) is 2.13. The van der Waals surface area contributed by atoms with Crippen LogP contribution in [0.3, 0.4) is 0 Å². The van der Waals surface area contributed by atoms with Crippen molar-refractivity contribution in [2.45, 2.75) is 26.7 Å². The van der Waals surface area contributed by atoms with E-state index in [4.69, 9.17) is 4.74 Å².